The fourth-order valence-electron chi connectivity index (χ4n) is 3.04. The molecule has 1 aliphatic rings. The lowest BCUT2D eigenvalue weighted by molar-refractivity contribution is -0.393. The van der Waals surface area contributed by atoms with Gasteiger partial charge in [0.05, 0.1) is 21.6 Å². The Bertz CT molecular complexity index is 778. The minimum absolute atomic E-state index is 0.129. The Kier molecular flexibility index (Phi) is 5.74. The highest BCUT2D eigenvalue weighted by Crippen LogP contribution is 2.37. The van der Waals surface area contributed by atoms with Gasteiger partial charge in [-0.05, 0) is 49.2 Å². The summed E-state index contributed by atoms with van der Waals surface area (Å²) < 4.78 is 0. The van der Waals surface area contributed by atoms with Gasteiger partial charge in [-0.25, -0.2) is 0 Å². The molecule has 1 aromatic carbocycles. The molecule has 0 aromatic heterocycles. The quantitative estimate of drug-likeness (QED) is 0.448. The summed E-state index contributed by atoms with van der Waals surface area (Å²) in [5, 5.41) is 26.2. The van der Waals surface area contributed by atoms with Crippen molar-refractivity contribution in [2.45, 2.75) is 47.0 Å². The highest BCUT2D eigenvalue weighted by Gasteiger charge is 2.26. The number of nitrogens with one attached hydrogen (secondary N) is 1. The Morgan fingerprint density at radius 2 is 1.92 bits per heavy atom. The van der Waals surface area contributed by atoms with Gasteiger partial charge in [0, 0.05) is 6.07 Å². The lowest BCUT2D eigenvalue weighted by atomic mass is 9.73. The molecule has 0 unspecified atom stereocenters. The summed E-state index contributed by atoms with van der Waals surface area (Å²) in [6.45, 7) is 8.58. The van der Waals surface area contributed by atoms with Crippen LogP contribution in [0.25, 0.3) is 0 Å². The van der Waals surface area contributed by atoms with Crippen molar-refractivity contribution >= 4 is 22.8 Å². The molecule has 0 amide bonds. The van der Waals surface area contributed by atoms with Gasteiger partial charge in [0.1, 0.15) is 5.69 Å². The number of rotatable bonds is 5. The number of nitrogens with zero attached hydrogens (tertiary/aromatic N) is 3. The number of allylic oxidation sites excluding steroid dienone is 2. The van der Waals surface area contributed by atoms with Crippen molar-refractivity contribution in [2.24, 2.45) is 16.4 Å². The molecule has 0 saturated heterocycles. The van der Waals surface area contributed by atoms with Crippen LogP contribution in [-0.2, 0) is 0 Å². The fourth-order valence-corrected chi connectivity index (χ4v) is 3.04. The SMILES string of the molecule is C/C(=N\Nc1ccc([N+](=O)[O-])cc1[N+](=O)[O-])C1=CC[C@H](C(C)(C)C)CC1. The Morgan fingerprint density at radius 3 is 2.42 bits per heavy atom. The topological polar surface area (TPSA) is 111 Å². The molecule has 1 aliphatic carbocycles. The molecule has 0 spiro atoms. The van der Waals surface area contributed by atoms with E-state index in [1.165, 1.54) is 12.1 Å². The fraction of sp³-hybridized carbons (Fsp3) is 0.500. The molecule has 140 valence electrons. The molecule has 0 heterocycles. The third-order valence-corrected chi connectivity index (χ3v) is 4.83. The van der Waals surface area contributed by atoms with E-state index < -0.39 is 9.85 Å². The standard InChI is InChI=1S/C18H24N4O4/c1-12(13-5-7-14(8-6-13)18(2,3)4)19-20-16-10-9-15(21(23)24)11-17(16)22(25)26/h5,9-11,14,20H,6-8H2,1-4H3/b19-12+/t14-/m0/s1. The van der Waals surface area contributed by atoms with Crippen molar-refractivity contribution in [1.82, 2.24) is 0 Å². The Hall–Kier alpha value is -2.77. The van der Waals surface area contributed by atoms with Crippen LogP contribution in [0.2, 0.25) is 0 Å². The van der Waals surface area contributed by atoms with Gasteiger partial charge in [-0.15, -0.1) is 0 Å². The monoisotopic (exact) mass is 360 g/mol. The first-order chi connectivity index (χ1) is 12.1. The van der Waals surface area contributed by atoms with Gasteiger partial charge in [0.15, 0.2) is 0 Å². The van der Waals surface area contributed by atoms with Gasteiger partial charge < -0.3 is 0 Å². The molecule has 2 rings (SSSR count). The predicted octanol–water partition coefficient (Wildman–Crippen LogP) is 5.06. The van der Waals surface area contributed by atoms with Crippen LogP contribution in [0, 0.1) is 31.6 Å². The first kappa shape index (κ1) is 19.6. The second-order valence-electron chi connectivity index (χ2n) is 7.59. The molecule has 1 aromatic rings. The molecule has 0 saturated carbocycles. The summed E-state index contributed by atoms with van der Waals surface area (Å²) in [6, 6.07) is 3.45. The van der Waals surface area contributed by atoms with E-state index in [2.05, 4.69) is 37.4 Å². The number of benzene rings is 1. The van der Waals surface area contributed by atoms with E-state index in [0.717, 1.165) is 36.6 Å². The van der Waals surface area contributed by atoms with Crippen molar-refractivity contribution < 1.29 is 9.85 Å². The van der Waals surface area contributed by atoms with Crippen LogP contribution in [0.1, 0.15) is 47.0 Å². The maximum absolute atomic E-state index is 11.2. The molecule has 0 aliphatic heterocycles. The Balaban J connectivity index is 2.16. The number of hydrogen-bond acceptors (Lipinski definition) is 6. The number of nitro benzene ring substituents is 2. The molecule has 1 atom stereocenters. The summed E-state index contributed by atoms with van der Waals surface area (Å²) in [5.74, 6) is 0.628. The van der Waals surface area contributed by atoms with E-state index in [4.69, 9.17) is 0 Å². The van der Waals surface area contributed by atoms with Crippen LogP contribution in [0.3, 0.4) is 0 Å². The normalized spacial score (nSPS) is 18.2. The molecule has 8 heteroatoms. The summed E-state index contributed by atoms with van der Waals surface area (Å²) >= 11 is 0. The molecular formula is C18H24N4O4. The van der Waals surface area contributed by atoms with Crippen LogP contribution in [0.5, 0.6) is 0 Å². The maximum atomic E-state index is 11.2. The molecule has 1 N–H and O–H groups in total. The van der Waals surface area contributed by atoms with E-state index >= 15 is 0 Å². The third-order valence-electron chi connectivity index (χ3n) is 4.83. The first-order valence-electron chi connectivity index (χ1n) is 8.52. The number of anilines is 1. The Morgan fingerprint density at radius 1 is 1.23 bits per heavy atom. The zero-order valence-electron chi connectivity index (χ0n) is 15.5. The minimum Gasteiger partial charge on any atom is -0.271 e. The molecule has 26 heavy (non-hydrogen) atoms. The van der Waals surface area contributed by atoms with Crippen molar-refractivity contribution in [3.8, 4) is 0 Å². The maximum Gasteiger partial charge on any atom is 0.301 e. The van der Waals surface area contributed by atoms with Gasteiger partial charge in [0.25, 0.3) is 5.69 Å². The van der Waals surface area contributed by atoms with Crippen LogP contribution in [-0.4, -0.2) is 15.6 Å². The smallest absolute Gasteiger partial charge is 0.271 e. The average Bonchev–Trinajstić information content (AvgIpc) is 2.58. The van der Waals surface area contributed by atoms with Gasteiger partial charge in [-0.2, -0.15) is 5.10 Å². The largest absolute Gasteiger partial charge is 0.301 e. The van der Waals surface area contributed by atoms with Crippen molar-refractivity contribution in [3.63, 3.8) is 0 Å². The number of non-ortho nitro benzene ring substituents is 1. The summed E-state index contributed by atoms with van der Waals surface area (Å²) in [6.07, 6.45) is 5.18. The highest BCUT2D eigenvalue weighted by atomic mass is 16.6. The number of hydrazone groups is 1. The molecule has 0 fully saturated rings. The molecule has 0 bridgehead atoms. The van der Waals surface area contributed by atoms with E-state index in [9.17, 15) is 20.2 Å². The summed E-state index contributed by atoms with van der Waals surface area (Å²) in [4.78, 5) is 20.6. The van der Waals surface area contributed by atoms with Crippen LogP contribution < -0.4 is 5.43 Å². The molecule has 8 nitrogen and oxygen atoms in total. The van der Waals surface area contributed by atoms with Crippen LogP contribution in [0.15, 0.2) is 34.9 Å². The summed E-state index contributed by atoms with van der Waals surface area (Å²) in [5.41, 5.74) is 4.27. The first-order valence-corrected chi connectivity index (χ1v) is 8.52. The predicted molar refractivity (Wildman–Crippen MR) is 101 cm³/mol. The highest BCUT2D eigenvalue weighted by molar-refractivity contribution is 5.98. The third kappa shape index (κ3) is 4.65. The minimum atomic E-state index is -0.663. The van der Waals surface area contributed by atoms with E-state index in [1.54, 1.807) is 0 Å². The van der Waals surface area contributed by atoms with Gasteiger partial charge in [-0.3, -0.25) is 25.7 Å². The zero-order valence-corrected chi connectivity index (χ0v) is 15.5. The Labute approximate surface area is 152 Å². The van der Waals surface area contributed by atoms with E-state index in [1.807, 2.05) is 6.92 Å². The lowest BCUT2D eigenvalue weighted by Gasteiger charge is -2.33. The molecule has 0 radical (unpaired) electrons. The average molecular weight is 360 g/mol. The summed E-state index contributed by atoms with van der Waals surface area (Å²) in [7, 11) is 0. The van der Waals surface area contributed by atoms with E-state index in [-0.39, 0.29) is 22.5 Å². The zero-order chi connectivity index (χ0) is 19.5. The van der Waals surface area contributed by atoms with Gasteiger partial charge in [0.2, 0.25) is 0 Å². The lowest BCUT2D eigenvalue weighted by Crippen LogP contribution is -2.23. The van der Waals surface area contributed by atoms with E-state index in [0.29, 0.717) is 5.92 Å². The molecular weight excluding hydrogens is 336 g/mol. The number of nitro groups is 2. The van der Waals surface area contributed by atoms with Crippen LogP contribution in [0.4, 0.5) is 17.1 Å². The van der Waals surface area contributed by atoms with Crippen molar-refractivity contribution in [3.05, 3.63) is 50.1 Å². The van der Waals surface area contributed by atoms with Gasteiger partial charge in [-0.1, -0.05) is 26.8 Å². The second kappa shape index (κ2) is 7.63. The van der Waals surface area contributed by atoms with Crippen molar-refractivity contribution in [1.29, 1.82) is 0 Å². The number of hydrogen-bond donors (Lipinski definition) is 1. The van der Waals surface area contributed by atoms with Gasteiger partial charge >= 0.3 is 5.69 Å². The van der Waals surface area contributed by atoms with Crippen molar-refractivity contribution in [2.75, 3.05) is 5.43 Å². The second-order valence-corrected chi connectivity index (χ2v) is 7.59. The van der Waals surface area contributed by atoms with Crippen LogP contribution >= 0.6 is 0 Å².